The van der Waals surface area contributed by atoms with E-state index < -0.39 is 0 Å². The van der Waals surface area contributed by atoms with Gasteiger partial charge in [-0.15, -0.1) is 0 Å². The van der Waals surface area contributed by atoms with Crippen LogP contribution in [-0.2, 0) is 0 Å². The molecule has 1 saturated heterocycles. The smallest absolute Gasteiger partial charge is 0.314 e. The first kappa shape index (κ1) is 14.3. The van der Waals surface area contributed by atoms with Crippen LogP contribution in [0.5, 0.6) is 0 Å². The summed E-state index contributed by atoms with van der Waals surface area (Å²) in [6, 6.07) is -0.171. The number of carbonyl (C=O) groups is 1. The summed E-state index contributed by atoms with van der Waals surface area (Å²) in [6.45, 7) is 6.76. The van der Waals surface area contributed by atoms with E-state index in [1.807, 2.05) is 0 Å². The molecule has 2 amide bonds. The number of nitrogens with one attached hydrogen (secondary N) is 2. The second kappa shape index (κ2) is 8.31. The fourth-order valence-electron chi connectivity index (χ4n) is 2.20. The normalized spacial score (nSPS) is 18.0. The first-order chi connectivity index (χ1) is 8.26. The standard InChI is InChI=1S/C12H25N3O2/c1-2-6-15-7-3-11(4-8-15)10-14-12(17)13-5-9-16/h11,16H,2-10H2,1H3,(H2,13,14,17). The number of piperidine rings is 1. The molecule has 0 spiro atoms. The molecule has 1 rings (SSSR count). The Balaban J connectivity index is 2.07. The number of carbonyl (C=O) groups excluding carboxylic acids is 1. The van der Waals surface area contributed by atoms with Gasteiger partial charge in [-0.1, -0.05) is 6.92 Å². The first-order valence-corrected chi connectivity index (χ1v) is 6.61. The number of aliphatic hydroxyl groups excluding tert-OH is 1. The van der Waals surface area contributed by atoms with Crippen molar-refractivity contribution in [1.29, 1.82) is 0 Å². The predicted octanol–water partition coefficient (Wildman–Crippen LogP) is 0.400. The summed E-state index contributed by atoms with van der Waals surface area (Å²) >= 11 is 0. The lowest BCUT2D eigenvalue weighted by molar-refractivity contribution is 0.181. The van der Waals surface area contributed by atoms with Gasteiger partial charge in [-0.25, -0.2) is 4.79 Å². The molecule has 0 unspecified atom stereocenters. The van der Waals surface area contributed by atoms with Crippen LogP contribution in [0.1, 0.15) is 26.2 Å². The van der Waals surface area contributed by atoms with Crippen LogP contribution in [0.15, 0.2) is 0 Å². The lowest BCUT2D eigenvalue weighted by Gasteiger charge is -2.31. The van der Waals surface area contributed by atoms with E-state index in [1.54, 1.807) is 0 Å². The van der Waals surface area contributed by atoms with E-state index in [1.165, 1.54) is 25.8 Å². The number of hydrogen-bond acceptors (Lipinski definition) is 3. The third-order valence-corrected chi connectivity index (χ3v) is 3.20. The van der Waals surface area contributed by atoms with Crippen molar-refractivity contribution in [2.45, 2.75) is 26.2 Å². The molecule has 0 saturated carbocycles. The van der Waals surface area contributed by atoms with Gasteiger partial charge in [-0.3, -0.25) is 0 Å². The van der Waals surface area contributed by atoms with Crippen molar-refractivity contribution in [3.8, 4) is 0 Å². The summed E-state index contributed by atoms with van der Waals surface area (Å²) in [5, 5.41) is 14.0. The molecule has 0 aromatic carbocycles. The molecule has 5 heteroatoms. The lowest BCUT2D eigenvalue weighted by Crippen LogP contribution is -2.42. The summed E-state index contributed by atoms with van der Waals surface area (Å²) in [5.41, 5.74) is 0. The Bertz CT molecular complexity index is 216. The van der Waals surface area contributed by atoms with E-state index in [9.17, 15) is 4.79 Å². The van der Waals surface area contributed by atoms with Gasteiger partial charge in [-0.2, -0.15) is 0 Å². The second-order valence-corrected chi connectivity index (χ2v) is 4.65. The molecule has 1 aliphatic heterocycles. The second-order valence-electron chi connectivity index (χ2n) is 4.65. The summed E-state index contributed by atoms with van der Waals surface area (Å²) in [4.78, 5) is 13.8. The van der Waals surface area contributed by atoms with Gasteiger partial charge in [0.25, 0.3) is 0 Å². The fourth-order valence-corrected chi connectivity index (χ4v) is 2.20. The Labute approximate surface area is 104 Å². The molecule has 0 aliphatic carbocycles. The summed E-state index contributed by atoms with van der Waals surface area (Å²) in [5.74, 6) is 0.600. The van der Waals surface area contributed by atoms with Crippen LogP contribution in [0.4, 0.5) is 4.79 Å². The van der Waals surface area contributed by atoms with Crippen LogP contribution >= 0.6 is 0 Å². The zero-order valence-electron chi connectivity index (χ0n) is 10.7. The van der Waals surface area contributed by atoms with Crippen molar-refractivity contribution in [2.24, 2.45) is 5.92 Å². The van der Waals surface area contributed by atoms with Gasteiger partial charge in [-0.05, 0) is 44.8 Å². The minimum Gasteiger partial charge on any atom is -0.395 e. The number of aliphatic hydroxyl groups is 1. The van der Waals surface area contributed by atoms with Crippen LogP contribution in [0.3, 0.4) is 0 Å². The van der Waals surface area contributed by atoms with Gasteiger partial charge in [0.15, 0.2) is 0 Å². The number of hydrogen-bond donors (Lipinski definition) is 3. The van der Waals surface area contributed by atoms with Gasteiger partial charge in [0.2, 0.25) is 0 Å². The number of rotatable bonds is 6. The highest BCUT2D eigenvalue weighted by Crippen LogP contribution is 2.16. The quantitative estimate of drug-likeness (QED) is 0.633. The molecule has 100 valence electrons. The topological polar surface area (TPSA) is 64.6 Å². The zero-order valence-corrected chi connectivity index (χ0v) is 10.7. The molecule has 0 aromatic rings. The summed E-state index contributed by atoms with van der Waals surface area (Å²) < 4.78 is 0. The highest BCUT2D eigenvalue weighted by Gasteiger charge is 2.18. The van der Waals surface area contributed by atoms with E-state index in [0.717, 1.165) is 19.6 Å². The third-order valence-electron chi connectivity index (χ3n) is 3.20. The Morgan fingerprint density at radius 1 is 1.35 bits per heavy atom. The highest BCUT2D eigenvalue weighted by molar-refractivity contribution is 5.73. The van der Waals surface area contributed by atoms with Crippen molar-refractivity contribution in [3.63, 3.8) is 0 Å². The Kier molecular flexibility index (Phi) is 6.96. The summed E-state index contributed by atoms with van der Waals surface area (Å²) in [7, 11) is 0. The SMILES string of the molecule is CCCN1CCC(CNC(=O)NCCO)CC1. The fraction of sp³-hybridized carbons (Fsp3) is 0.917. The van der Waals surface area contributed by atoms with Crippen LogP contribution in [-0.4, -0.2) is 55.4 Å². The lowest BCUT2D eigenvalue weighted by atomic mass is 9.97. The molecule has 5 nitrogen and oxygen atoms in total. The van der Waals surface area contributed by atoms with Gasteiger partial charge < -0.3 is 20.6 Å². The molecule has 1 heterocycles. The largest absolute Gasteiger partial charge is 0.395 e. The highest BCUT2D eigenvalue weighted by atomic mass is 16.3. The monoisotopic (exact) mass is 243 g/mol. The van der Waals surface area contributed by atoms with Crippen molar-refractivity contribution >= 4 is 6.03 Å². The summed E-state index contributed by atoms with van der Waals surface area (Å²) in [6.07, 6.45) is 3.55. The molecule has 1 aliphatic rings. The van der Waals surface area contributed by atoms with Gasteiger partial charge >= 0.3 is 6.03 Å². The minimum absolute atomic E-state index is 0.0111. The van der Waals surface area contributed by atoms with Crippen LogP contribution in [0.2, 0.25) is 0 Å². The predicted molar refractivity (Wildman–Crippen MR) is 67.9 cm³/mol. The number of amides is 2. The average molecular weight is 243 g/mol. The van der Waals surface area contributed by atoms with Gasteiger partial charge in [0.1, 0.15) is 0 Å². The van der Waals surface area contributed by atoms with E-state index >= 15 is 0 Å². The molecule has 0 aromatic heterocycles. The van der Waals surface area contributed by atoms with Crippen LogP contribution in [0, 0.1) is 5.92 Å². The van der Waals surface area contributed by atoms with Crippen molar-refractivity contribution < 1.29 is 9.90 Å². The van der Waals surface area contributed by atoms with Crippen molar-refractivity contribution in [2.75, 3.05) is 39.3 Å². The molecule has 0 radical (unpaired) electrons. The van der Waals surface area contributed by atoms with Gasteiger partial charge in [0.05, 0.1) is 6.61 Å². The molecule has 1 fully saturated rings. The third kappa shape index (κ3) is 5.89. The van der Waals surface area contributed by atoms with Gasteiger partial charge in [0, 0.05) is 13.1 Å². The zero-order chi connectivity index (χ0) is 12.5. The maximum absolute atomic E-state index is 11.3. The van der Waals surface area contributed by atoms with E-state index in [0.29, 0.717) is 12.5 Å². The van der Waals surface area contributed by atoms with Crippen molar-refractivity contribution in [3.05, 3.63) is 0 Å². The maximum atomic E-state index is 11.3. The van der Waals surface area contributed by atoms with E-state index in [-0.39, 0.29) is 12.6 Å². The molecule has 0 atom stereocenters. The molecule has 0 bridgehead atoms. The maximum Gasteiger partial charge on any atom is 0.314 e. The Morgan fingerprint density at radius 2 is 2.06 bits per heavy atom. The van der Waals surface area contributed by atoms with Crippen LogP contribution < -0.4 is 10.6 Å². The average Bonchev–Trinajstić information content (AvgIpc) is 2.36. The first-order valence-electron chi connectivity index (χ1n) is 6.61. The van der Waals surface area contributed by atoms with E-state index in [2.05, 4.69) is 22.5 Å². The van der Waals surface area contributed by atoms with E-state index in [4.69, 9.17) is 5.11 Å². The molecular weight excluding hydrogens is 218 g/mol. The number of urea groups is 1. The molecular formula is C12H25N3O2. The Hall–Kier alpha value is -0.810. The minimum atomic E-state index is -0.171. The molecule has 3 N–H and O–H groups in total. The van der Waals surface area contributed by atoms with Crippen molar-refractivity contribution in [1.82, 2.24) is 15.5 Å². The Morgan fingerprint density at radius 3 is 2.65 bits per heavy atom. The number of likely N-dealkylation sites (tertiary alicyclic amines) is 1. The molecule has 17 heavy (non-hydrogen) atoms. The number of nitrogens with zero attached hydrogens (tertiary/aromatic N) is 1. The van der Waals surface area contributed by atoms with Crippen LogP contribution in [0.25, 0.3) is 0 Å².